The van der Waals surface area contributed by atoms with Gasteiger partial charge in [0.15, 0.2) is 23.6 Å². The van der Waals surface area contributed by atoms with E-state index in [4.69, 9.17) is 28.4 Å². The third kappa shape index (κ3) is 3.80. The van der Waals surface area contributed by atoms with E-state index in [1.165, 1.54) is 7.11 Å². The fraction of sp³-hybridized carbons (Fsp3) is 0.438. The number of carbonyl (C=O) groups is 2. The fourth-order valence-corrected chi connectivity index (χ4v) is 7.19. The number of benzene rings is 2. The van der Waals surface area contributed by atoms with Crippen LogP contribution in [0.5, 0.6) is 0 Å². The lowest BCUT2D eigenvalue weighted by Crippen LogP contribution is -2.60. The first-order valence-electron chi connectivity index (χ1n) is 13.9. The van der Waals surface area contributed by atoms with Crippen LogP contribution in [0.1, 0.15) is 49.2 Å². The van der Waals surface area contributed by atoms with Crippen molar-refractivity contribution in [2.24, 2.45) is 5.41 Å². The summed E-state index contributed by atoms with van der Waals surface area (Å²) >= 11 is 0. The van der Waals surface area contributed by atoms with Crippen LogP contribution in [-0.2, 0) is 33.2 Å². The van der Waals surface area contributed by atoms with Crippen LogP contribution in [0.2, 0.25) is 0 Å². The molecule has 2 aromatic carbocycles. The second-order valence-corrected chi connectivity index (χ2v) is 11.9. The number of esters is 1. The summed E-state index contributed by atoms with van der Waals surface area (Å²) in [4.78, 5) is 30.8. The van der Waals surface area contributed by atoms with Gasteiger partial charge in [-0.2, -0.15) is 0 Å². The van der Waals surface area contributed by atoms with Crippen molar-refractivity contribution in [3.63, 3.8) is 0 Å². The quantitative estimate of drug-likeness (QED) is 0.405. The first-order chi connectivity index (χ1) is 19.6. The third-order valence-electron chi connectivity index (χ3n) is 8.63. The maximum atomic E-state index is 14.8. The highest BCUT2D eigenvalue weighted by atomic mass is 16.8. The molecule has 7 rings (SSSR count). The molecule has 214 valence electrons. The molecule has 0 bridgehead atoms. The van der Waals surface area contributed by atoms with Crippen molar-refractivity contribution >= 4 is 23.5 Å². The molecule has 0 aromatic heterocycles. The minimum atomic E-state index is -1.38. The molecule has 0 unspecified atom stereocenters. The Morgan fingerprint density at radius 3 is 2.34 bits per heavy atom. The van der Waals surface area contributed by atoms with Gasteiger partial charge in [0.25, 0.3) is 0 Å². The van der Waals surface area contributed by atoms with Gasteiger partial charge in [0.2, 0.25) is 0 Å². The molecule has 5 aliphatic heterocycles. The first kappa shape index (κ1) is 26.6. The third-order valence-corrected chi connectivity index (χ3v) is 8.63. The number of ether oxygens (including phenoxy) is 6. The maximum Gasteiger partial charge on any atom is 0.336 e. The molecule has 0 aliphatic carbocycles. The van der Waals surface area contributed by atoms with E-state index in [-0.39, 0.29) is 12.4 Å². The lowest BCUT2D eigenvalue weighted by atomic mass is 9.65. The zero-order chi connectivity index (χ0) is 28.7. The fourth-order valence-electron chi connectivity index (χ4n) is 7.19. The van der Waals surface area contributed by atoms with Crippen molar-refractivity contribution < 1.29 is 38.0 Å². The number of rotatable bonds is 4. The highest BCUT2D eigenvalue weighted by molar-refractivity contribution is 6.10. The summed E-state index contributed by atoms with van der Waals surface area (Å²) in [7, 11) is 1.35. The second-order valence-electron chi connectivity index (χ2n) is 11.9. The Labute approximate surface area is 238 Å². The van der Waals surface area contributed by atoms with Crippen LogP contribution >= 0.6 is 0 Å². The molecule has 9 heteroatoms. The summed E-state index contributed by atoms with van der Waals surface area (Å²) in [5.74, 6) is -2.67. The molecule has 0 radical (unpaired) electrons. The standard InChI is InChI=1S/C32H33NO8/c1-30(2)37-17-21(39-30)26-32(27-29(38-26)41-31(3,4)40-27)22(28(35)36-5)23-20-14-10-9-11-18(20)15-16-33(23)25(32)24(34)19-12-7-6-8-13-19/h6-16,21,25-27,29H,17H2,1-5H3/t21-,25+,26-,27+,29-,32-/m1/s1. The summed E-state index contributed by atoms with van der Waals surface area (Å²) in [6.45, 7) is 7.45. The van der Waals surface area contributed by atoms with E-state index in [0.29, 0.717) is 16.8 Å². The second kappa shape index (κ2) is 9.08. The molecular formula is C32H33NO8. The number of fused-ring (bicyclic) bond motifs is 5. The molecule has 0 N–H and O–H groups in total. The molecule has 3 saturated heterocycles. The van der Waals surface area contributed by atoms with E-state index in [2.05, 4.69) is 0 Å². The Morgan fingerprint density at radius 2 is 1.63 bits per heavy atom. The molecule has 41 heavy (non-hydrogen) atoms. The molecular weight excluding hydrogens is 526 g/mol. The van der Waals surface area contributed by atoms with E-state index in [1.807, 2.05) is 73.5 Å². The van der Waals surface area contributed by atoms with E-state index < -0.39 is 53.6 Å². The summed E-state index contributed by atoms with van der Waals surface area (Å²) in [5.41, 5.74) is 1.73. The van der Waals surface area contributed by atoms with Crippen molar-refractivity contribution in [1.82, 2.24) is 4.90 Å². The van der Waals surface area contributed by atoms with Crippen LogP contribution in [-0.4, -0.2) is 72.6 Å². The molecule has 3 fully saturated rings. The van der Waals surface area contributed by atoms with Gasteiger partial charge in [0.05, 0.1) is 30.4 Å². The van der Waals surface area contributed by atoms with Crippen LogP contribution in [0.3, 0.4) is 0 Å². The van der Waals surface area contributed by atoms with Gasteiger partial charge in [-0.3, -0.25) is 4.79 Å². The smallest absolute Gasteiger partial charge is 0.336 e. The zero-order valence-electron chi connectivity index (χ0n) is 23.7. The van der Waals surface area contributed by atoms with Crippen molar-refractivity contribution in [2.45, 2.75) is 69.9 Å². The van der Waals surface area contributed by atoms with Gasteiger partial charge >= 0.3 is 5.97 Å². The van der Waals surface area contributed by atoms with E-state index in [1.54, 1.807) is 26.0 Å². The minimum Gasteiger partial charge on any atom is -0.466 e. The Balaban J connectivity index is 1.54. The molecule has 5 heterocycles. The van der Waals surface area contributed by atoms with Crippen molar-refractivity contribution in [3.8, 4) is 0 Å². The van der Waals surface area contributed by atoms with Crippen LogP contribution in [0, 0.1) is 5.41 Å². The molecule has 9 nitrogen and oxygen atoms in total. The van der Waals surface area contributed by atoms with Gasteiger partial charge in [-0.1, -0.05) is 54.6 Å². The Morgan fingerprint density at radius 1 is 0.902 bits per heavy atom. The summed E-state index contributed by atoms with van der Waals surface area (Å²) in [6, 6.07) is 15.9. The van der Waals surface area contributed by atoms with Crippen LogP contribution in [0.25, 0.3) is 11.8 Å². The Bertz CT molecular complexity index is 1480. The largest absolute Gasteiger partial charge is 0.466 e. The maximum absolute atomic E-state index is 14.8. The van der Waals surface area contributed by atoms with Crippen LogP contribution in [0.4, 0.5) is 0 Å². The molecule has 0 saturated carbocycles. The van der Waals surface area contributed by atoms with E-state index >= 15 is 0 Å². The van der Waals surface area contributed by atoms with Gasteiger partial charge in [-0.25, -0.2) is 4.79 Å². The SMILES string of the molecule is COC(=O)C1=C2c3ccccc3C=CN2[C@@H](C(=O)c2ccccc2)[C@@]12[C@@H]([C@H]1COC(C)(C)O1)O[C@@H]1OC(C)(C)O[C@@H]12. The number of hydrogen-bond donors (Lipinski definition) is 0. The summed E-state index contributed by atoms with van der Waals surface area (Å²) < 4.78 is 37.4. The Kier molecular flexibility index (Phi) is 5.88. The first-order valence-corrected chi connectivity index (χ1v) is 13.9. The van der Waals surface area contributed by atoms with Crippen molar-refractivity contribution in [1.29, 1.82) is 0 Å². The number of ketones is 1. The summed E-state index contributed by atoms with van der Waals surface area (Å²) in [6.07, 6.45) is 0.643. The molecule has 6 atom stereocenters. The van der Waals surface area contributed by atoms with Gasteiger partial charge in [0, 0.05) is 17.3 Å². The molecule has 1 spiro atoms. The van der Waals surface area contributed by atoms with E-state index in [9.17, 15) is 9.59 Å². The van der Waals surface area contributed by atoms with Crippen LogP contribution in [0.15, 0.2) is 66.4 Å². The zero-order valence-corrected chi connectivity index (χ0v) is 23.7. The van der Waals surface area contributed by atoms with Gasteiger partial charge in [-0.05, 0) is 39.3 Å². The highest BCUT2D eigenvalue weighted by Crippen LogP contribution is 2.63. The predicted octanol–water partition coefficient (Wildman–Crippen LogP) is 4.14. The molecule has 2 aromatic rings. The molecule has 0 amide bonds. The van der Waals surface area contributed by atoms with Crippen molar-refractivity contribution in [3.05, 3.63) is 83.1 Å². The average Bonchev–Trinajstić information content (AvgIpc) is 3.65. The lowest BCUT2D eigenvalue weighted by Gasteiger charge is -2.43. The number of Topliss-reactive ketones (excluding diaryl/α,β-unsaturated/α-hetero) is 1. The van der Waals surface area contributed by atoms with Gasteiger partial charge in [-0.15, -0.1) is 0 Å². The summed E-state index contributed by atoms with van der Waals surface area (Å²) in [5, 5.41) is 0. The minimum absolute atomic E-state index is 0.188. The average molecular weight is 560 g/mol. The molecule has 5 aliphatic rings. The number of methoxy groups -OCH3 is 1. The topological polar surface area (TPSA) is 92.8 Å². The highest BCUT2D eigenvalue weighted by Gasteiger charge is 2.76. The predicted molar refractivity (Wildman–Crippen MR) is 147 cm³/mol. The monoisotopic (exact) mass is 559 g/mol. The van der Waals surface area contributed by atoms with E-state index in [0.717, 1.165) is 11.1 Å². The number of hydrogen-bond acceptors (Lipinski definition) is 9. The normalized spacial score (nSPS) is 34.1. The van der Waals surface area contributed by atoms with Gasteiger partial charge < -0.3 is 33.3 Å². The van der Waals surface area contributed by atoms with Crippen LogP contribution < -0.4 is 0 Å². The number of nitrogens with zero attached hydrogens (tertiary/aromatic N) is 1. The van der Waals surface area contributed by atoms with Gasteiger partial charge in [0.1, 0.15) is 24.4 Å². The van der Waals surface area contributed by atoms with Crippen molar-refractivity contribution in [2.75, 3.05) is 13.7 Å². The Hall–Kier alpha value is -3.34. The lowest BCUT2D eigenvalue weighted by molar-refractivity contribution is -0.235. The number of carbonyl (C=O) groups excluding carboxylic acids is 2.